The summed E-state index contributed by atoms with van der Waals surface area (Å²) in [5, 5.41) is 11.6. The highest BCUT2D eigenvalue weighted by molar-refractivity contribution is 7.92. The monoisotopic (exact) mass is 400 g/mol. The minimum atomic E-state index is -3.92. The first-order valence-corrected chi connectivity index (χ1v) is 9.57. The zero-order chi connectivity index (χ0) is 20.3. The second-order valence-electron chi connectivity index (χ2n) is 5.83. The quantitative estimate of drug-likeness (QED) is 0.582. The summed E-state index contributed by atoms with van der Waals surface area (Å²) in [6.07, 6.45) is 0. The van der Waals surface area contributed by atoms with Crippen LogP contribution in [0.25, 0.3) is 11.3 Å². The van der Waals surface area contributed by atoms with Crippen LogP contribution in [0.15, 0.2) is 70.0 Å². The largest absolute Gasteiger partial charge is 0.475 e. The van der Waals surface area contributed by atoms with Crippen LogP contribution >= 0.6 is 0 Å². The van der Waals surface area contributed by atoms with E-state index in [1.807, 2.05) is 0 Å². The fraction of sp³-hybridized carbons (Fsp3) is 0.0526. The minimum absolute atomic E-state index is 0.00192. The molecule has 3 aromatic rings. The Balaban J connectivity index is 1.90. The number of hydrogen-bond acceptors (Lipinski definition) is 5. The molecule has 9 heteroatoms. The Hall–Kier alpha value is -3.59. The third kappa shape index (κ3) is 4.21. The molecule has 2 aromatic carbocycles. The third-order valence-corrected chi connectivity index (χ3v) is 5.12. The Morgan fingerprint density at radius 1 is 0.964 bits per heavy atom. The van der Waals surface area contributed by atoms with Crippen LogP contribution in [0.4, 0.5) is 11.4 Å². The lowest BCUT2D eigenvalue weighted by molar-refractivity contribution is -0.114. The summed E-state index contributed by atoms with van der Waals surface area (Å²) in [5.74, 6) is -1.51. The van der Waals surface area contributed by atoms with E-state index in [0.29, 0.717) is 11.3 Å². The molecule has 0 bridgehead atoms. The van der Waals surface area contributed by atoms with Crippen LogP contribution < -0.4 is 10.0 Å². The summed E-state index contributed by atoms with van der Waals surface area (Å²) in [6.45, 7) is 1.35. The van der Waals surface area contributed by atoms with Crippen molar-refractivity contribution in [3.05, 3.63) is 66.4 Å². The summed E-state index contributed by atoms with van der Waals surface area (Å²) in [7, 11) is -3.92. The van der Waals surface area contributed by atoms with Gasteiger partial charge in [-0.05, 0) is 48.5 Å². The van der Waals surface area contributed by atoms with Crippen molar-refractivity contribution in [3.8, 4) is 11.3 Å². The van der Waals surface area contributed by atoms with E-state index < -0.39 is 16.0 Å². The topological polar surface area (TPSA) is 126 Å². The van der Waals surface area contributed by atoms with Crippen LogP contribution in [0.3, 0.4) is 0 Å². The van der Waals surface area contributed by atoms with Gasteiger partial charge in [-0.3, -0.25) is 9.52 Å². The van der Waals surface area contributed by atoms with Crippen molar-refractivity contribution in [3.63, 3.8) is 0 Å². The molecule has 28 heavy (non-hydrogen) atoms. The Morgan fingerprint density at radius 2 is 1.64 bits per heavy atom. The lowest BCUT2D eigenvalue weighted by atomic mass is 10.1. The number of carbonyl (C=O) groups is 2. The van der Waals surface area contributed by atoms with Crippen molar-refractivity contribution >= 4 is 33.3 Å². The van der Waals surface area contributed by atoms with Gasteiger partial charge in [-0.1, -0.05) is 12.1 Å². The van der Waals surface area contributed by atoms with E-state index in [1.165, 1.54) is 43.3 Å². The van der Waals surface area contributed by atoms with E-state index in [4.69, 9.17) is 9.52 Å². The van der Waals surface area contributed by atoms with E-state index in [2.05, 4.69) is 10.0 Å². The van der Waals surface area contributed by atoms with Gasteiger partial charge in [0.05, 0.1) is 10.6 Å². The molecule has 8 nitrogen and oxygen atoms in total. The molecular weight excluding hydrogens is 384 g/mol. The van der Waals surface area contributed by atoms with Gasteiger partial charge < -0.3 is 14.8 Å². The maximum atomic E-state index is 12.7. The molecule has 0 unspecified atom stereocenters. The van der Waals surface area contributed by atoms with Crippen LogP contribution in [-0.4, -0.2) is 25.4 Å². The minimum Gasteiger partial charge on any atom is -0.475 e. The molecule has 0 spiro atoms. The number of benzene rings is 2. The van der Waals surface area contributed by atoms with Crippen molar-refractivity contribution in [2.75, 3.05) is 10.0 Å². The molecule has 3 rings (SSSR count). The fourth-order valence-corrected chi connectivity index (χ4v) is 3.59. The number of aromatic carboxylic acids is 1. The smallest absolute Gasteiger partial charge is 0.371 e. The summed E-state index contributed by atoms with van der Waals surface area (Å²) < 4.78 is 33.2. The average molecular weight is 400 g/mol. The molecule has 0 saturated carbocycles. The molecule has 3 N–H and O–H groups in total. The van der Waals surface area contributed by atoms with Crippen LogP contribution in [-0.2, 0) is 14.8 Å². The number of carbonyl (C=O) groups excluding carboxylic acids is 1. The third-order valence-electron chi connectivity index (χ3n) is 3.74. The molecule has 1 amide bonds. The number of carboxylic acid groups (broad SMARTS) is 1. The van der Waals surface area contributed by atoms with E-state index >= 15 is 0 Å². The average Bonchev–Trinajstić information content (AvgIpc) is 3.12. The van der Waals surface area contributed by atoms with Gasteiger partial charge in [0.2, 0.25) is 11.7 Å². The number of nitrogens with one attached hydrogen (secondary N) is 2. The molecular formula is C19H16N2O6S. The van der Waals surface area contributed by atoms with Gasteiger partial charge in [-0.25, -0.2) is 13.2 Å². The first-order chi connectivity index (χ1) is 13.3. The van der Waals surface area contributed by atoms with Crippen LogP contribution in [0.2, 0.25) is 0 Å². The molecule has 0 saturated heterocycles. The molecule has 0 fully saturated rings. The van der Waals surface area contributed by atoms with Crippen LogP contribution in [0.5, 0.6) is 0 Å². The normalized spacial score (nSPS) is 11.0. The van der Waals surface area contributed by atoms with Crippen molar-refractivity contribution in [1.82, 2.24) is 0 Å². The van der Waals surface area contributed by atoms with Gasteiger partial charge in [-0.2, -0.15) is 0 Å². The van der Waals surface area contributed by atoms with E-state index in [0.717, 1.165) is 0 Å². The highest BCUT2D eigenvalue weighted by Gasteiger charge is 2.18. The van der Waals surface area contributed by atoms with E-state index in [1.54, 1.807) is 24.3 Å². The zero-order valence-electron chi connectivity index (χ0n) is 14.7. The second kappa shape index (κ2) is 7.57. The van der Waals surface area contributed by atoms with Crippen molar-refractivity contribution in [1.29, 1.82) is 0 Å². The summed E-state index contributed by atoms with van der Waals surface area (Å²) in [4.78, 5) is 22.1. The molecule has 0 aliphatic heterocycles. The number of amides is 1. The van der Waals surface area contributed by atoms with Crippen LogP contribution in [0.1, 0.15) is 17.5 Å². The van der Waals surface area contributed by atoms with Gasteiger partial charge in [0, 0.05) is 18.2 Å². The lowest BCUT2D eigenvalue weighted by Gasteiger charge is -2.12. The Kier molecular flexibility index (Phi) is 5.18. The number of carboxylic acids is 1. The van der Waals surface area contributed by atoms with Crippen molar-refractivity contribution in [2.24, 2.45) is 0 Å². The van der Waals surface area contributed by atoms with Gasteiger partial charge in [-0.15, -0.1) is 0 Å². The summed E-state index contributed by atoms with van der Waals surface area (Å²) in [5.41, 5.74) is 1.11. The zero-order valence-corrected chi connectivity index (χ0v) is 15.5. The highest BCUT2D eigenvalue weighted by Crippen LogP contribution is 2.31. The molecule has 0 atom stereocenters. The number of para-hydroxylation sites is 1. The highest BCUT2D eigenvalue weighted by atomic mass is 32.2. The maximum Gasteiger partial charge on any atom is 0.371 e. The number of furan rings is 1. The first kappa shape index (κ1) is 19.2. The summed E-state index contributed by atoms with van der Waals surface area (Å²) >= 11 is 0. The molecule has 144 valence electrons. The Morgan fingerprint density at radius 3 is 2.25 bits per heavy atom. The van der Waals surface area contributed by atoms with Gasteiger partial charge in [0.15, 0.2) is 0 Å². The SMILES string of the molecule is CC(=O)Nc1ccc(S(=O)(=O)Nc2ccccc2-c2ccc(C(=O)O)o2)cc1. The van der Waals surface area contributed by atoms with Gasteiger partial charge in [0.1, 0.15) is 5.76 Å². The van der Waals surface area contributed by atoms with E-state index in [9.17, 15) is 18.0 Å². The van der Waals surface area contributed by atoms with Crippen molar-refractivity contribution < 1.29 is 27.5 Å². The molecule has 0 aliphatic rings. The molecule has 0 radical (unpaired) electrons. The summed E-state index contributed by atoms with van der Waals surface area (Å²) in [6, 6.07) is 14.9. The first-order valence-electron chi connectivity index (χ1n) is 8.09. The fourth-order valence-electron chi connectivity index (χ4n) is 2.51. The Bertz CT molecular complexity index is 1130. The number of sulfonamides is 1. The van der Waals surface area contributed by atoms with E-state index in [-0.39, 0.29) is 28.0 Å². The maximum absolute atomic E-state index is 12.7. The Labute approximate surface area is 160 Å². The number of anilines is 2. The standard InChI is InChI=1S/C19H16N2O6S/c1-12(22)20-13-6-8-14(9-7-13)28(25,26)21-16-5-3-2-4-15(16)17-10-11-18(27-17)19(23)24/h2-11,21H,1H3,(H,20,22)(H,23,24). The van der Waals surface area contributed by atoms with Gasteiger partial charge in [0.25, 0.3) is 10.0 Å². The lowest BCUT2D eigenvalue weighted by Crippen LogP contribution is -2.14. The number of rotatable bonds is 6. The molecule has 1 aromatic heterocycles. The van der Waals surface area contributed by atoms with Crippen molar-refractivity contribution in [2.45, 2.75) is 11.8 Å². The second-order valence-corrected chi connectivity index (χ2v) is 7.51. The van der Waals surface area contributed by atoms with Gasteiger partial charge >= 0.3 is 5.97 Å². The number of hydrogen-bond donors (Lipinski definition) is 3. The predicted molar refractivity (Wildman–Crippen MR) is 103 cm³/mol. The molecule has 0 aliphatic carbocycles. The predicted octanol–water partition coefficient (Wildman–Crippen LogP) is 3.40. The molecule has 1 heterocycles. The van der Waals surface area contributed by atoms with Crippen LogP contribution in [0, 0.1) is 0 Å².